The second kappa shape index (κ2) is 3.66. The van der Waals surface area contributed by atoms with Crippen LogP contribution in [0.25, 0.3) is 0 Å². The summed E-state index contributed by atoms with van der Waals surface area (Å²) in [6, 6.07) is 0. The van der Waals surface area contributed by atoms with E-state index in [1.54, 1.807) is 0 Å². The molecular weight excluding hydrogens is 172 g/mol. The van der Waals surface area contributed by atoms with Crippen molar-refractivity contribution in [3.8, 4) is 0 Å². The number of hydrogen-bond acceptors (Lipinski definition) is 5. The molecule has 0 radical (unpaired) electrons. The van der Waals surface area contributed by atoms with Crippen molar-refractivity contribution in [3.63, 3.8) is 0 Å². The normalized spacial score (nSPS) is 18.8. The lowest BCUT2D eigenvalue weighted by molar-refractivity contribution is 0.0790. The van der Waals surface area contributed by atoms with E-state index in [1.807, 2.05) is 0 Å². The summed E-state index contributed by atoms with van der Waals surface area (Å²) in [4.78, 5) is 10.3. The average molecular weight is 182 g/mol. The number of rotatable bonds is 2. The van der Waals surface area contributed by atoms with Crippen molar-refractivity contribution in [2.24, 2.45) is 0 Å². The third-order valence-corrected chi connectivity index (χ3v) is 2.13. The highest BCUT2D eigenvalue weighted by atomic mass is 16.5. The van der Waals surface area contributed by atoms with Gasteiger partial charge in [0.1, 0.15) is 0 Å². The SMILES string of the molecule is O=Cc1nnc(C2CCOCC2)o1. The number of aldehydes is 1. The molecule has 1 aromatic rings. The van der Waals surface area contributed by atoms with Gasteiger partial charge in [0.15, 0.2) is 0 Å². The molecule has 5 heteroatoms. The van der Waals surface area contributed by atoms with E-state index < -0.39 is 0 Å². The Morgan fingerprint density at radius 2 is 2.08 bits per heavy atom. The Morgan fingerprint density at radius 3 is 2.69 bits per heavy atom. The van der Waals surface area contributed by atoms with Crippen molar-refractivity contribution in [3.05, 3.63) is 11.8 Å². The molecular formula is C8H10N2O3. The van der Waals surface area contributed by atoms with Crippen molar-refractivity contribution in [1.82, 2.24) is 10.2 Å². The first-order chi connectivity index (χ1) is 6.40. The molecule has 70 valence electrons. The molecule has 2 heterocycles. The molecule has 2 rings (SSSR count). The predicted molar refractivity (Wildman–Crippen MR) is 42.5 cm³/mol. The molecule has 1 aliphatic heterocycles. The van der Waals surface area contributed by atoms with Crippen LogP contribution in [0.2, 0.25) is 0 Å². The number of ether oxygens (including phenoxy) is 1. The van der Waals surface area contributed by atoms with Gasteiger partial charge in [0.2, 0.25) is 12.2 Å². The Kier molecular flexibility index (Phi) is 2.35. The standard InChI is InChI=1S/C8H10N2O3/c11-5-7-9-10-8(13-7)6-1-3-12-4-2-6/h5-6H,1-4H2. The maximum Gasteiger partial charge on any atom is 0.280 e. The number of hydrogen-bond donors (Lipinski definition) is 0. The van der Waals surface area contributed by atoms with Gasteiger partial charge in [-0.3, -0.25) is 4.79 Å². The summed E-state index contributed by atoms with van der Waals surface area (Å²) in [7, 11) is 0. The van der Waals surface area contributed by atoms with E-state index in [-0.39, 0.29) is 11.8 Å². The van der Waals surface area contributed by atoms with E-state index >= 15 is 0 Å². The topological polar surface area (TPSA) is 65.2 Å². The van der Waals surface area contributed by atoms with Gasteiger partial charge < -0.3 is 9.15 Å². The van der Waals surface area contributed by atoms with Gasteiger partial charge in [-0.05, 0) is 12.8 Å². The lowest BCUT2D eigenvalue weighted by Crippen LogP contribution is -2.14. The second-order valence-corrected chi connectivity index (χ2v) is 2.98. The Labute approximate surface area is 75.1 Å². The maximum atomic E-state index is 10.3. The highest BCUT2D eigenvalue weighted by molar-refractivity contribution is 5.66. The summed E-state index contributed by atoms with van der Waals surface area (Å²) in [5.74, 6) is 0.877. The van der Waals surface area contributed by atoms with Gasteiger partial charge in [0.05, 0.1) is 0 Å². The molecule has 0 bridgehead atoms. The zero-order valence-electron chi connectivity index (χ0n) is 7.10. The van der Waals surface area contributed by atoms with Crippen molar-refractivity contribution < 1.29 is 13.9 Å². The molecule has 5 nitrogen and oxygen atoms in total. The van der Waals surface area contributed by atoms with E-state index in [1.165, 1.54) is 0 Å². The molecule has 0 spiro atoms. The van der Waals surface area contributed by atoms with Crippen LogP contribution in [-0.4, -0.2) is 29.7 Å². The summed E-state index contributed by atoms with van der Waals surface area (Å²) < 4.78 is 10.3. The van der Waals surface area contributed by atoms with Crippen molar-refractivity contribution in [1.29, 1.82) is 0 Å². The van der Waals surface area contributed by atoms with Gasteiger partial charge in [0, 0.05) is 19.1 Å². The quantitative estimate of drug-likeness (QED) is 0.632. The molecule has 0 unspecified atom stereocenters. The largest absolute Gasteiger partial charge is 0.418 e. The van der Waals surface area contributed by atoms with Crippen LogP contribution in [0.5, 0.6) is 0 Å². The van der Waals surface area contributed by atoms with Crippen LogP contribution in [-0.2, 0) is 4.74 Å². The van der Waals surface area contributed by atoms with Crippen LogP contribution in [0, 0.1) is 0 Å². The monoisotopic (exact) mass is 182 g/mol. The molecule has 1 aliphatic rings. The van der Waals surface area contributed by atoms with E-state index in [9.17, 15) is 4.79 Å². The lowest BCUT2D eigenvalue weighted by atomic mass is 10.0. The van der Waals surface area contributed by atoms with E-state index in [0.29, 0.717) is 12.2 Å². The fourth-order valence-corrected chi connectivity index (χ4v) is 1.40. The average Bonchev–Trinajstić information content (AvgIpc) is 2.67. The molecule has 0 saturated carbocycles. The zero-order chi connectivity index (χ0) is 9.10. The second-order valence-electron chi connectivity index (χ2n) is 2.98. The first-order valence-electron chi connectivity index (χ1n) is 4.26. The summed E-state index contributed by atoms with van der Waals surface area (Å²) in [5.41, 5.74) is 0. The Bertz CT molecular complexity index is 291. The molecule has 0 aromatic carbocycles. The third-order valence-electron chi connectivity index (χ3n) is 2.13. The van der Waals surface area contributed by atoms with Gasteiger partial charge in [-0.25, -0.2) is 0 Å². The van der Waals surface area contributed by atoms with Gasteiger partial charge in [-0.1, -0.05) is 0 Å². The highest BCUT2D eigenvalue weighted by Gasteiger charge is 2.21. The third kappa shape index (κ3) is 1.75. The van der Waals surface area contributed by atoms with Crippen LogP contribution in [0.1, 0.15) is 35.3 Å². The first kappa shape index (κ1) is 8.37. The van der Waals surface area contributed by atoms with Crippen molar-refractivity contribution in [2.75, 3.05) is 13.2 Å². The molecule has 1 saturated heterocycles. The van der Waals surface area contributed by atoms with Gasteiger partial charge in [-0.2, -0.15) is 0 Å². The minimum Gasteiger partial charge on any atom is -0.418 e. The smallest absolute Gasteiger partial charge is 0.280 e. The van der Waals surface area contributed by atoms with Crippen molar-refractivity contribution in [2.45, 2.75) is 18.8 Å². The van der Waals surface area contributed by atoms with Crippen LogP contribution in [0.4, 0.5) is 0 Å². The summed E-state index contributed by atoms with van der Waals surface area (Å²) in [5, 5.41) is 7.39. The van der Waals surface area contributed by atoms with Crippen molar-refractivity contribution >= 4 is 6.29 Å². The molecule has 13 heavy (non-hydrogen) atoms. The summed E-state index contributed by atoms with van der Waals surface area (Å²) >= 11 is 0. The summed E-state index contributed by atoms with van der Waals surface area (Å²) in [6.45, 7) is 1.45. The first-order valence-corrected chi connectivity index (χ1v) is 4.26. The minimum atomic E-state index is 0.0569. The van der Waals surface area contributed by atoms with Gasteiger partial charge in [-0.15, -0.1) is 10.2 Å². The number of aromatic nitrogens is 2. The molecule has 0 amide bonds. The minimum absolute atomic E-state index is 0.0569. The van der Waals surface area contributed by atoms with E-state index in [4.69, 9.17) is 9.15 Å². The van der Waals surface area contributed by atoms with Gasteiger partial charge >= 0.3 is 0 Å². The fourth-order valence-electron chi connectivity index (χ4n) is 1.40. The predicted octanol–water partition coefficient (Wildman–Crippen LogP) is 0.776. The molecule has 1 aromatic heterocycles. The molecule has 0 aliphatic carbocycles. The Morgan fingerprint density at radius 1 is 1.31 bits per heavy atom. The van der Waals surface area contributed by atoms with Crippen LogP contribution < -0.4 is 0 Å². The molecule has 0 N–H and O–H groups in total. The maximum absolute atomic E-state index is 10.3. The van der Waals surface area contributed by atoms with Crippen LogP contribution >= 0.6 is 0 Å². The number of carbonyl (C=O) groups is 1. The summed E-state index contributed by atoms with van der Waals surface area (Å²) in [6.07, 6.45) is 2.34. The highest BCUT2D eigenvalue weighted by Crippen LogP contribution is 2.25. The number of nitrogens with zero attached hydrogens (tertiary/aromatic N) is 2. The van der Waals surface area contributed by atoms with Crippen LogP contribution in [0.3, 0.4) is 0 Å². The molecule has 1 fully saturated rings. The lowest BCUT2D eigenvalue weighted by Gasteiger charge is -2.18. The van der Waals surface area contributed by atoms with E-state index in [2.05, 4.69) is 10.2 Å². The van der Waals surface area contributed by atoms with E-state index in [0.717, 1.165) is 26.1 Å². The van der Waals surface area contributed by atoms with Crippen LogP contribution in [0.15, 0.2) is 4.42 Å². The van der Waals surface area contributed by atoms with Gasteiger partial charge in [0.25, 0.3) is 5.89 Å². The fraction of sp³-hybridized carbons (Fsp3) is 0.625. The Balaban J connectivity index is 2.09. The Hall–Kier alpha value is -1.23. The number of carbonyl (C=O) groups excluding carboxylic acids is 1. The zero-order valence-corrected chi connectivity index (χ0v) is 7.10. The molecule has 0 atom stereocenters.